The van der Waals surface area contributed by atoms with E-state index in [0.29, 0.717) is 22.6 Å². The number of aromatic nitrogens is 1. The second kappa shape index (κ2) is 6.55. The van der Waals surface area contributed by atoms with Crippen LogP contribution in [0.3, 0.4) is 0 Å². The molecule has 5 heteroatoms. The number of anilines is 1. The van der Waals surface area contributed by atoms with Crippen molar-refractivity contribution in [2.75, 3.05) is 18.4 Å². The fraction of sp³-hybridized carbons (Fsp3) is 0.353. The van der Waals surface area contributed by atoms with Crippen molar-refractivity contribution in [2.45, 2.75) is 25.9 Å². The van der Waals surface area contributed by atoms with Crippen molar-refractivity contribution in [1.82, 2.24) is 4.90 Å². The molecule has 0 unspecified atom stereocenters. The molecule has 0 bridgehead atoms. The van der Waals surface area contributed by atoms with Gasteiger partial charge in [0.25, 0.3) is 0 Å². The van der Waals surface area contributed by atoms with Crippen LogP contribution in [0, 0.1) is 6.92 Å². The van der Waals surface area contributed by atoms with E-state index in [4.69, 9.17) is 11.6 Å². The first-order valence-corrected chi connectivity index (χ1v) is 7.94. The van der Waals surface area contributed by atoms with Gasteiger partial charge >= 0.3 is 5.82 Å². The Balaban J connectivity index is 1.62. The quantitative estimate of drug-likeness (QED) is 0.672. The number of hydrogen-bond donors (Lipinski definition) is 2. The molecule has 22 heavy (non-hydrogen) atoms. The van der Waals surface area contributed by atoms with Crippen molar-refractivity contribution < 1.29 is 9.94 Å². The van der Waals surface area contributed by atoms with Gasteiger partial charge in [0.1, 0.15) is 11.7 Å². The standard InChI is InChI=1S/C17H20ClN3O/c1-13-9-15(18)10-17(21(13)22)19-16-7-8-20(12-16)11-14-5-3-2-4-6-14/h2-6,9-10,16,22H,7-8,11-12H2,1H3/p+1/t16-/m0/s1. The fourth-order valence-electron chi connectivity index (χ4n) is 2.93. The third-order valence-corrected chi connectivity index (χ3v) is 4.28. The Hall–Kier alpha value is -1.78. The van der Waals surface area contributed by atoms with Crippen LogP contribution in [0.5, 0.6) is 0 Å². The molecule has 0 radical (unpaired) electrons. The molecule has 1 fully saturated rings. The summed E-state index contributed by atoms with van der Waals surface area (Å²) in [5.74, 6) is 0.650. The molecule has 1 saturated heterocycles. The zero-order valence-corrected chi connectivity index (χ0v) is 13.4. The van der Waals surface area contributed by atoms with Gasteiger partial charge in [0.15, 0.2) is 0 Å². The van der Waals surface area contributed by atoms with E-state index in [0.717, 1.165) is 30.8 Å². The molecule has 2 aromatic rings. The molecule has 2 heterocycles. The number of nitrogens with zero attached hydrogens (tertiary/aromatic N) is 2. The second-order valence-corrected chi connectivity index (χ2v) is 6.30. The van der Waals surface area contributed by atoms with E-state index in [2.05, 4.69) is 34.5 Å². The number of benzene rings is 1. The van der Waals surface area contributed by atoms with Gasteiger partial charge in [-0.1, -0.05) is 41.9 Å². The van der Waals surface area contributed by atoms with Gasteiger partial charge < -0.3 is 5.21 Å². The lowest BCUT2D eigenvalue weighted by molar-refractivity contribution is -0.897. The summed E-state index contributed by atoms with van der Waals surface area (Å²) in [5, 5.41) is 14.1. The lowest BCUT2D eigenvalue weighted by atomic mass is 10.2. The highest BCUT2D eigenvalue weighted by Crippen LogP contribution is 2.18. The van der Waals surface area contributed by atoms with Crippen molar-refractivity contribution in [3.05, 3.63) is 58.7 Å². The van der Waals surface area contributed by atoms with Gasteiger partial charge in [0, 0.05) is 45.1 Å². The normalized spacial score (nSPS) is 18.5. The third-order valence-electron chi connectivity index (χ3n) is 4.06. The van der Waals surface area contributed by atoms with Crippen LogP contribution in [-0.4, -0.2) is 29.2 Å². The summed E-state index contributed by atoms with van der Waals surface area (Å²) in [6.45, 7) is 4.80. The van der Waals surface area contributed by atoms with E-state index in [1.54, 1.807) is 12.1 Å². The average Bonchev–Trinajstić information content (AvgIpc) is 2.92. The van der Waals surface area contributed by atoms with E-state index in [9.17, 15) is 5.21 Å². The maximum atomic E-state index is 10.1. The van der Waals surface area contributed by atoms with Gasteiger partial charge in [-0.25, -0.2) is 0 Å². The van der Waals surface area contributed by atoms with Crippen molar-refractivity contribution in [3.8, 4) is 0 Å². The van der Waals surface area contributed by atoms with Gasteiger partial charge in [0.05, 0.1) is 5.02 Å². The number of pyridine rings is 1. The maximum Gasteiger partial charge on any atom is 0.315 e. The van der Waals surface area contributed by atoms with Crippen LogP contribution in [0.15, 0.2) is 42.5 Å². The molecular weight excluding hydrogens is 298 g/mol. The Morgan fingerprint density at radius 1 is 1.32 bits per heavy atom. The Labute approximate surface area is 135 Å². The Kier molecular flexibility index (Phi) is 4.50. The Morgan fingerprint density at radius 2 is 2.09 bits per heavy atom. The molecular formula is C17H21ClN3O+. The second-order valence-electron chi connectivity index (χ2n) is 5.86. The molecule has 4 nitrogen and oxygen atoms in total. The molecule has 3 rings (SSSR count). The van der Waals surface area contributed by atoms with Gasteiger partial charge in [-0.15, -0.1) is 0 Å². The number of halogens is 1. The zero-order chi connectivity index (χ0) is 15.5. The lowest BCUT2D eigenvalue weighted by Crippen LogP contribution is -2.40. The first-order valence-electron chi connectivity index (χ1n) is 7.56. The first-order chi connectivity index (χ1) is 10.6. The topological polar surface area (TPSA) is 39.4 Å². The minimum Gasteiger partial charge on any atom is -0.349 e. The molecule has 1 aliphatic heterocycles. The molecule has 0 spiro atoms. The van der Waals surface area contributed by atoms with Crippen LogP contribution >= 0.6 is 11.6 Å². The number of likely N-dealkylation sites (tertiary alicyclic amines) is 1. The molecule has 0 amide bonds. The molecule has 1 aromatic heterocycles. The molecule has 0 aliphatic carbocycles. The van der Waals surface area contributed by atoms with Crippen LogP contribution in [-0.2, 0) is 6.54 Å². The molecule has 1 atom stereocenters. The van der Waals surface area contributed by atoms with Crippen LogP contribution in [0.25, 0.3) is 0 Å². The maximum absolute atomic E-state index is 10.1. The van der Waals surface area contributed by atoms with Gasteiger partial charge in [-0.3, -0.25) is 10.2 Å². The van der Waals surface area contributed by atoms with Crippen LogP contribution < -0.4 is 10.0 Å². The predicted octanol–water partition coefficient (Wildman–Crippen LogP) is 2.86. The van der Waals surface area contributed by atoms with E-state index in [1.165, 1.54) is 5.56 Å². The van der Waals surface area contributed by atoms with E-state index in [-0.39, 0.29) is 0 Å². The summed E-state index contributed by atoms with van der Waals surface area (Å²) in [5.41, 5.74) is 2.05. The molecule has 0 saturated carbocycles. The largest absolute Gasteiger partial charge is 0.349 e. The molecule has 2 N–H and O–H groups in total. The van der Waals surface area contributed by atoms with Crippen LogP contribution in [0.4, 0.5) is 5.82 Å². The lowest BCUT2D eigenvalue weighted by Gasteiger charge is -2.15. The highest BCUT2D eigenvalue weighted by atomic mass is 35.5. The van der Waals surface area contributed by atoms with Crippen molar-refractivity contribution in [1.29, 1.82) is 0 Å². The van der Waals surface area contributed by atoms with E-state index >= 15 is 0 Å². The van der Waals surface area contributed by atoms with Crippen molar-refractivity contribution in [3.63, 3.8) is 0 Å². The molecule has 1 aromatic carbocycles. The van der Waals surface area contributed by atoms with Crippen molar-refractivity contribution >= 4 is 17.4 Å². The van der Waals surface area contributed by atoms with Gasteiger partial charge in [0.2, 0.25) is 0 Å². The summed E-state index contributed by atoms with van der Waals surface area (Å²) in [6, 6.07) is 14.3. The monoisotopic (exact) mass is 318 g/mol. The average molecular weight is 319 g/mol. The first kappa shape index (κ1) is 15.1. The summed E-state index contributed by atoms with van der Waals surface area (Å²) < 4.78 is 1.16. The number of hydrogen-bond acceptors (Lipinski definition) is 3. The fourth-order valence-corrected chi connectivity index (χ4v) is 3.19. The molecule has 1 aliphatic rings. The Morgan fingerprint density at radius 3 is 2.86 bits per heavy atom. The van der Waals surface area contributed by atoms with Gasteiger partial charge in [-0.05, 0) is 10.3 Å². The van der Waals surface area contributed by atoms with Crippen LogP contribution in [0.1, 0.15) is 17.7 Å². The number of rotatable bonds is 4. The Bertz CT molecular complexity index is 648. The minimum atomic E-state index is 0.319. The number of aryl methyl sites for hydroxylation is 1. The van der Waals surface area contributed by atoms with E-state index in [1.807, 2.05) is 13.0 Å². The van der Waals surface area contributed by atoms with Crippen molar-refractivity contribution in [2.24, 2.45) is 0 Å². The summed E-state index contributed by atoms with van der Waals surface area (Å²) in [4.78, 5) is 2.42. The minimum absolute atomic E-state index is 0.319. The SMILES string of the molecule is Cc1cc(Cl)cc(N[C@H]2CCN(Cc3ccccc3)C2)[n+]1O. The third kappa shape index (κ3) is 3.51. The summed E-state index contributed by atoms with van der Waals surface area (Å²) in [7, 11) is 0. The van der Waals surface area contributed by atoms with E-state index < -0.39 is 0 Å². The highest BCUT2D eigenvalue weighted by molar-refractivity contribution is 6.30. The predicted molar refractivity (Wildman–Crippen MR) is 87.3 cm³/mol. The zero-order valence-electron chi connectivity index (χ0n) is 12.7. The molecule has 116 valence electrons. The smallest absolute Gasteiger partial charge is 0.315 e. The number of nitrogens with one attached hydrogen (secondary N) is 1. The van der Waals surface area contributed by atoms with Gasteiger partial charge in [-0.2, -0.15) is 0 Å². The highest BCUT2D eigenvalue weighted by Gasteiger charge is 2.27. The summed E-state index contributed by atoms with van der Waals surface area (Å²) in [6.07, 6.45) is 1.05. The summed E-state index contributed by atoms with van der Waals surface area (Å²) >= 11 is 6.07. The van der Waals surface area contributed by atoms with Crippen LogP contribution in [0.2, 0.25) is 5.02 Å².